The Balaban J connectivity index is 1.51. The lowest BCUT2D eigenvalue weighted by Crippen LogP contribution is -2.69. The second-order valence-corrected chi connectivity index (χ2v) is 11.2. The van der Waals surface area contributed by atoms with Crippen molar-refractivity contribution in [1.82, 2.24) is 5.32 Å². The van der Waals surface area contributed by atoms with E-state index in [9.17, 15) is 14.7 Å². The first-order valence-corrected chi connectivity index (χ1v) is 12.9. The highest BCUT2D eigenvalue weighted by Gasteiger charge is 2.57. The maximum absolute atomic E-state index is 13.3. The monoisotopic (exact) mass is 527 g/mol. The van der Waals surface area contributed by atoms with E-state index in [0.29, 0.717) is 19.3 Å². The lowest BCUT2D eigenvalue weighted by atomic mass is 9.72. The van der Waals surface area contributed by atoms with Gasteiger partial charge in [0, 0.05) is 44.8 Å². The molecule has 10 unspecified atom stereocenters. The quantitative estimate of drug-likeness (QED) is 0.370. The van der Waals surface area contributed by atoms with Crippen LogP contribution in [0.4, 0.5) is 0 Å². The number of fused-ring (bicyclic) bond motifs is 1. The van der Waals surface area contributed by atoms with Crippen LogP contribution >= 0.6 is 0 Å². The maximum atomic E-state index is 13.3. The third-order valence-corrected chi connectivity index (χ3v) is 8.51. The standard InChI is InChI=1S/C26H41NO10/c1-13-11-26(32-7,37-15(3)14(13)2)21(29)23(30)27-24-20-19(33-12-34-24)22(31-6)25(4,5)17(36-20)10-16-8-9-18(28)35-16/h14-17,19-22,24,29H,1,8-12H2,2-7H3,(H,27,30). The first-order valence-electron chi connectivity index (χ1n) is 12.9. The summed E-state index contributed by atoms with van der Waals surface area (Å²) in [6.07, 6.45) is -3.52. The molecule has 37 heavy (non-hydrogen) atoms. The topological polar surface area (TPSA) is 131 Å². The summed E-state index contributed by atoms with van der Waals surface area (Å²) in [5.74, 6) is -2.46. The fourth-order valence-corrected chi connectivity index (χ4v) is 5.92. The van der Waals surface area contributed by atoms with Crippen molar-refractivity contribution in [3.05, 3.63) is 12.2 Å². The van der Waals surface area contributed by atoms with Crippen LogP contribution in [0.25, 0.3) is 0 Å². The molecule has 210 valence electrons. The van der Waals surface area contributed by atoms with Crippen LogP contribution < -0.4 is 5.32 Å². The Morgan fingerprint density at radius 1 is 1.24 bits per heavy atom. The van der Waals surface area contributed by atoms with Gasteiger partial charge in [0.1, 0.15) is 25.1 Å². The third-order valence-electron chi connectivity index (χ3n) is 8.51. The van der Waals surface area contributed by atoms with E-state index in [1.54, 1.807) is 7.11 Å². The van der Waals surface area contributed by atoms with Crippen molar-refractivity contribution >= 4 is 11.9 Å². The zero-order valence-corrected chi connectivity index (χ0v) is 22.6. The largest absolute Gasteiger partial charge is 0.462 e. The molecule has 11 nitrogen and oxygen atoms in total. The van der Waals surface area contributed by atoms with Gasteiger partial charge < -0.3 is 43.6 Å². The van der Waals surface area contributed by atoms with Crippen LogP contribution in [0.2, 0.25) is 0 Å². The number of esters is 1. The molecule has 4 saturated heterocycles. The molecule has 4 heterocycles. The number of cyclic esters (lactones) is 1. The summed E-state index contributed by atoms with van der Waals surface area (Å²) < 4.78 is 41.0. The number of ether oxygens (including phenoxy) is 7. The molecule has 0 spiro atoms. The Hall–Kier alpha value is -1.60. The molecule has 0 aromatic heterocycles. The zero-order valence-electron chi connectivity index (χ0n) is 22.6. The van der Waals surface area contributed by atoms with Crippen LogP contribution in [-0.2, 0) is 42.7 Å². The molecule has 0 radical (unpaired) electrons. The Bertz CT molecular complexity index is 879. The third kappa shape index (κ3) is 5.32. The Kier molecular flexibility index (Phi) is 8.35. The van der Waals surface area contributed by atoms with Gasteiger partial charge in [0.25, 0.3) is 5.91 Å². The first kappa shape index (κ1) is 28.4. The Morgan fingerprint density at radius 2 is 1.97 bits per heavy atom. The van der Waals surface area contributed by atoms with E-state index in [-0.39, 0.29) is 49.5 Å². The normalized spacial score (nSPS) is 42.6. The fraction of sp³-hybridized carbons (Fsp3) is 0.846. The van der Waals surface area contributed by atoms with Gasteiger partial charge in [-0.05, 0) is 13.3 Å². The van der Waals surface area contributed by atoms with Gasteiger partial charge in [-0.25, -0.2) is 0 Å². The Labute approximate surface area is 218 Å². The molecule has 1 amide bonds. The Morgan fingerprint density at radius 3 is 2.57 bits per heavy atom. The van der Waals surface area contributed by atoms with Gasteiger partial charge >= 0.3 is 5.97 Å². The number of carbonyl (C=O) groups excluding carboxylic acids is 2. The minimum atomic E-state index is -1.65. The molecule has 4 fully saturated rings. The average Bonchev–Trinajstić information content (AvgIpc) is 3.27. The molecule has 0 saturated carbocycles. The van der Waals surface area contributed by atoms with Gasteiger partial charge in [0.05, 0.1) is 18.3 Å². The minimum Gasteiger partial charge on any atom is -0.462 e. The minimum absolute atomic E-state index is 0.0548. The number of amides is 1. The van der Waals surface area contributed by atoms with Crippen LogP contribution in [0.5, 0.6) is 0 Å². The van der Waals surface area contributed by atoms with Gasteiger partial charge in [0.2, 0.25) is 5.79 Å². The van der Waals surface area contributed by atoms with Gasteiger partial charge in [0.15, 0.2) is 12.3 Å². The molecule has 11 heteroatoms. The SMILES string of the molecule is C=C1CC(OC)(C(O)C(=O)NC2OCOC3C2OC(CC2CCC(=O)O2)C(C)(C)C3OC)OC(C)C1C. The number of carbonyl (C=O) groups is 2. The number of nitrogens with one attached hydrogen (secondary N) is 1. The van der Waals surface area contributed by atoms with Crippen LogP contribution in [-0.4, -0.2) is 92.7 Å². The lowest BCUT2D eigenvalue weighted by molar-refractivity contribution is -0.332. The molecule has 4 aliphatic rings. The van der Waals surface area contributed by atoms with Crippen molar-refractivity contribution in [2.75, 3.05) is 21.0 Å². The zero-order chi connectivity index (χ0) is 27.1. The summed E-state index contributed by atoms with van der Waals surface area (Å²) in [6, 6.07) is 0. The van der Waals surface area contributed by atoms with Crippen LogP contribution in [0.3, 0.4) is 0 Å². The second-order valence-electron chi connectivity index (χ2n) is 11.2. The lowest BCUT2D eigenvalue weighted by Gasteiger charge is -2.54. The van der Waals surface area contributed by atoms with Crippen LogP contribution in [0.1, 0.15) is 53.4 Å². The number of rotatable bonds is 7. The summed E-state index contributed by atoms with van der Waals surface area (Å²) in [4.78, 5) is 25.0. The van der Waals surface area contributed by atoms with Gasteiger partial charge in [-0.2, -0.15) is 0 Å². The second kappa shape index (κ2) is 10.9. The molecule has 4 rings (SSSR count). The van der Waals surface area contributed by atoms with Crippen LogP contribution in [0, 0.1) is 11.3 Å². The molecule has 0 bridgehead atoms. The van der Waals surface area contributed by atoms with E-state index in [0.717, 1.165) is 5.57 Å². The molecule has 0 aromatic carbocycles. The molecule has 0 aliphatic carbocycles. The van der Waals surface area contributed by atoms with Gasteiger partial charge in [-0.3, -0.25) is 9.59 Å². The number of methoxy groups -OCH3 is 2. The fourth-order valence-electron chi connectivity index (χ4n) is 5.92. The summed E-state index contributed by atoms with van der Waals surface area (Å²) in [5, 5.41) is 13.8. The van der Waals surface area contributed by atoms with Crippen molar-refractivity contribution in [3.63, 3.8) is 0 Å². The first-order chi connectivity index (χ1) is 17.4. The highest BCUT2D eigenvalue weighted by Crippen LogP contribution is 2.44. The van der Waals surface area contributed by atoms with E-state index in [1.165, 1.54) is 7.11 Å². The summed E-state index contributed by atoms with van der Waals surface area (Å²) in [7, 11) is 3.00. The average molecular weight is 528 g/mol. The maximum Gasteiger partial charge on any atom is 0.306 e. The predicted octanol–water partition coefficient (Wildman–Crippen LogP) is 1.41. The van der Waals surface area contributed by atoms with E-state index in [2.05, 4.69) is 11.9 Å². The highest BCUT2D eigenvalue weighted by molar-refractivity contribution is 5.82. The van der Waals surface area contributed by atoms with Crippen LogP contribution in [0.15, 0.2) is 12.2 Å². The van der Waals surface area contributed by atoms with E-state index in [4.69, 9.17) is 33.2 Å². The van der Waals surface area contributed by atoms with E-state index in [1.807, 2.05) is 27.7 Å². The molecular weight excluding hydrogens is 486 g/mol. The number of hydrogen-bond donors (Lipinski definition) is 2. The van der Waals surface area contributed by atoms with Crippen molar-refractivity contribution in [2.45, 2.75) is 108 Å². The molecular formula is C26H41NO10. The van der Waals surface area contributed by atoms with Gasteiger partial charge in [-0.1, -0.05) is 32.9 Å². The summed E-state index contributed by atoms with van der Waals surface area (Å²) in [6.45, 7) is 11.9. The summed E-state index contributed by atoms with van der Waals surface area (Å²) >= 11 is 0. The predicted molar refractivity (Wildman–Crippen MR) is 129 cm³/mol. The number of aliphatic hydroxyl groups is 1. The van der Waals surface area contributed by atoms with E-state index < -0.39 is 41.6 Å². The van der Waals surface area contributed by atoms with E-state index >= 15 is 0 Å². The molecule has 0 aromatic rings. The number of aliphatic hydroxyl groups excluding tert-OH is 1. The van der Waals surface area contributed by atoms with Crippen molar-refractivity contribution in [2.24, 2.45) is 11.3 Å². The highest BCUT2D eigenvalue weighted by atomic mass is 16.7. The van der Waals surface area contributed by atoms with Crippen molar-refractivity contribution in [3.8, 4) is 0 Å². The van der Waals surface area contributed by atoms with Gasteiger partial charge in [-0.15, -0.1) is 0 Å². The van der Waals surface area contributed by atoms with Crippen molar-refractivity contribution in [1.29, 1.82) is 0 Å². The number of hydrogen-bond acceptors (Lipinski definition) is 10. The smallest absolute Gasteiger partial charge is 0.306 e. The van der Waals surface area contributed by atoms with Crippen molar-refractivity contribution < 1.29 is 47.9 Å². The molecule has 4 aliphatic heterocycles. The summed E-state index contributed by atoms with van der Waals surface area (Å²) in [5.41, 5.74) is 0.339. The molecule has 10 atom stereocenters. The molecule has 2 N–H and O–H groups in total.